The van der Waals surface area contributed by atoms with Gasteiger partial charge in [0.1, 0.15) is 11.6 Å². The zero-order valence-electron chi connectivity index (χ0n) is 15.2. The molecule has 2 aromatic carbocycles. The largest absolute Gasteiger partial charge is 0.435 e. The fraction of sp³-hybridized carbons (Fsp3) is 0.0952. The van der Waals surface area contributed by atoms with Crippen LogP contribution in [0.4, 0.5) is 20.3 Å². The predicted molar refractivity (Wildman–Crippen MR) is 109 cm³/mol. The van der Waals surface area contributed by atoms with Gasteiger partial charge in [0.15, 0.2) is 5.82 Å². The van der Waals surface area contributed by atoms with Crippen LogP contribution in [-0.4, -0.2) is 21.6 Å². The highest BCUT2D eigenvalue weighted by Crippen LogP contribution is 2.30. The van der Waals surface area contributed by atoms with Crippen molar-refractivity contribution in [1.29, 1.82) is 0 Å². The first kappa shape index (κ1) is 19.0. The number of aryl methyl sites for hydroxylation is 1. The minimum absolute atomic E-state index is 0.0503. The maximum absolute atomic E-state index is 12.5. The van der Waals surface area contributed by atoms with Gasteiger partial charge in [-0.1, -0.05) is 17.7 Å². The third-order valence-corrected chi connectivity index (χ3v) is 4.39. The molecule has 4 rings (SSSR count). The highest BCUT2D eigenvalue weighted by Gasteiger charge is 2.12. The van der Waals surface area contributed by atoms with Gasteiger partial charge < -0.3 is 10.1 Å². The van der Waals surface area contributed by atoms with Crippen molar-refractivity contribution < 1.29 is 13.5 Å². The molecule has 0 aliphatic carbocycles. The molecule has 2 aromatic heterocycles. The Kier molecular flexibility index (Phi) is 5.22. The fourth-order valence-corrected chi connectivity index (χ4v) is 2.98. The maximum atomic E-state index is 12.5. The summed E-state index contributed by atoms with van der Waals surface area (Å²) in [5.74, 6) is 1.03. The molecule has 0 atom stereocenters. The molecule has 0 spiro atoms. The highest BCUT2D eigenvalue weighted by molar-refractivity contribution is 6.31. The molecule has 0 fully saturated rings. The van der Waals surface area contributed by atoms with E-state index in [2.05, 4.69) is 25.0 Å². The molecule has 146 valence electrons. The number of nitrogens with one attached hydrogen (secondary N) is 1. The first-order valence-electron chi connectivity index (χ1n) is 8.70. The van der Waals surface area contributed by atoms with Crippen LogP contribution in [-0.2, 0) is 0 Å². The van der Waals surface area contributed by atoms with Crippen molar-refractivity contribution in [2.24, 2.45) is 0 Å². The van der Waals surface area contributed by atoms with E-state index in [9.17, 15) is 8.78 Å². The molecule has 0 aliphatic heterocycles. The van der Waals surface area contributed by atoms with E-state index in [4.69, 9.17) is 11.6 Å². The molecule has 8 heteroatoms. The normalized spacial score (nSPS) is 11.1. The van der Waals surface area contributed by atoms with Crippen molar-refractivity contribution in [3.63, 3.8) is 0 Å². The first-order chi connectivity index (χ1) is 14.0. The van der Waals surface area contributed by atoms with Crippen molar-refractivity contribution >= 4 is 34.0 Å². The van der Waals surface area contributed by atoms with Crippen LogP contribution in [0.2, 0.25) is 5.02 Å². The molecule has 2 heterocycles. The topological polar surface area (TPSA) is 59.9 Å². The summed E-state index contributed by atoms with van der Waals surface area (Å²) >= 11 is 6.14. The second kappa shape index (κ2) is 7.97. The lowest BCUT2D eigenvalue weighted by molar-refractivity contribution is -0.0498. The lowest BCUT2D eigenvalue weighted by Crippen LogP contribution is -2.03. The number of halogens is 3. The monoisotopic (exact) mass is 412 g/mol. The van der Waals surface area contributed by atoms with Crippen LogP contribution in [0.3, 0.4) is 0 Å². The first-order valence-corrected chi connectivity index (χ1v) is 9.08. The van der Waals surface area contributed by atoms with E-state index in [0.717, 1.165) is 16.6 Å². The van der Waals surface area contributed by atoms with Gasteiger partial charge in [0.2, 0.25) is 0 Å². The van der Waals surface area contributed by atoms with Crippen LogP contribution in [0.5, 0.6) is 5.75 Å². The van der Waals surface area contributed by atoms with E-state index < -0.39 is 6.61 Å². The number of hydrogen-bond donors (Lipinski definition) is 1. The van der Waals surface area contributed by atoms with Gasteiger partial charge in [-0.2, -0.15) is 8.78 Å². The number of nitrogens with zero attached hydrogens (tertiary/aromatic N) is 3. The highest BCUT2D eigenvalue weighted by atomic mass is 35.5. The second-order valence-corrected chi connectivity index (χ2v) is 6.71. The van der Waals surface area contributed by atoms with Gasteiger partial charge in [0.05, 0.1) is 5.52 Å². The lowest BCUT2D eigenvalue weighted by Gasteiger charge is -2.12. The fourth-order valence-electron chi connectivity index (χ4n) is 2.81. The molecule has 0 radical (unpaired) electrons. The van der Waals surface area contributed by atoms with Crippen LogP contribution in [0, 0.1) is 6.92 Å². The van der Waals surface area contributed by atoms with E-state index >= 15 is 0 Å². The molecular weight excluding hydrogens is 398 g/mol. The number of rotatable bonds is 5. The number of anilines is 2. The average Bonchev–Trinajstić information content (AvgIpc) is 2.68. The summed E-state index contributed by atoms with van der Waals surface area (Å²) in [6.45, 7) is -1.00. The Hall–Kier alpha value is -3.32. The standard InChI is InChI=1S/C21H15ClF2N4O/c1-12-5-6-13(11-25-12)19-27-18-9-14(22)7-8-17(18)20(28-19)26-15-3-2-4-16(10-15)29-21(23)24/h2-11,21H,1H3,(H,26,27,28). The summed E-state index contributed by atoms with van der Waals surface area (Å²) in [5.41, 5.74) is 2.82. The number of ether oxygens (including phenoxy) is 1. The van der Waals surface area contributed by atoms with Gasteiger partial charge in [-0.15, -0.1) is 0 Å². The Bertz CT molecular complexity index is 1170. The SMILES string of the molecule is Cc1ccc(-c2nc(Nc3cccc(OC(F)F)c3)c3ccc(Cl)cc3n2)cn1. The smallest absolute Gasteiger partial charge is 0.387 e. The molecule has 5 nitrogen and oxygen atoms in total. The summed E-state index contributed by atoms with van der Waals surface area (Å²) in [4.78, 5) is 13.5. The Morgan fingerprint density at radius 1 is 1.03 bits per heavy atom. The number of alkyl halides is 2. The number of benzene rings is 2. The second-order valence-electron chi connectivity index (χ2n) is 6.28. The summed E-state index contributed by atoms with van der Waals surface area (Å²) < 4.78 is 29.5. The summed E-state index contributed by atoms with van der Waals surface area (Å²) in [7, 11) is 0. The Balaban J connectivity index is 1.79. The predicted octanol–water partition coefficient (Wildman–Crippen LogP) is 6.00. The van der Waals surface area contributed by atoms with Crippen LogP contribution >= 0.6 is 11.6 Å². The number of pyridine rings is 1. The molecule has 29 heavy (non-hydrogen) atoms. The zero-order chi connectivity index (χ0) is 20.4. The molecule has 1 N–H and O–H groups in total. The van der Waals surface area contributed by atoms with E-state index in [-0.39, 0.29) is 5.75 Å². The van der Waals surface area contributed by atoms with E-state index in [1.807, 2.05) is 19.1 Å². The van der Waals surface area contributed by atoms with Gasteiger partial charge in [-0.3, -0.25) is 4.98 Å². The van der Waals surface area contributed by atoms with E-state index in [0.29, 0.717) is 27.9 Å². The van der Waals surface area contributed by atoms with Gasteiger partial charge in [0, 0.05) is 39.6 Å². The van der Waals surface area contributed by atoms with Gasteiger partial charge in [-0.05, 0) is 49.4 Å². The summed E-state index contributed by atoms with van der Waals surface area (Å²) in [6.07, 6.45) is 1.70. The average molecular weight is 413 g/mol. The minimum atomic E-state index is -2.90. The quantitative estimate of drug-likeness (QED) is 0.435. The number of fused-ring (bicyclic) bond motifs is 1. The molecule has 0 saturated heterocycles. The van der Waals surface area contributed by atoms with Crippen LogP contribution in [0.25, 0.3) is 22.3 Å². The molecular formula is C21H15ClF2N4O. The van der Waals surface area contributed by atoms with Crippen LogP contribution < -0.4 is 10.1 Å². The summed E-state index contributed by atoms with van der Waals surface area (Å²) in [6, 6.07) is 15.3. The molecule has 0 unspecified atom stereocenters. The number of aromatic nitrogens is 3. The van der Waals surface area contributed by atoms with Crippen molar-refractivity contribution in [3.05, 3.63) is 71.5 Å². The Labute approximate surface area is 170 Å². The van der Waals surface area contributed by atoms with Crippen molar-refractivity contribution in [3.8, 4) is 17.1 Å². The lowest BCUT2D eigenvalue weighted by atomic mass is 10.2. The molecule has 0 amide bonds. The van der Waals surface area contributed by atoms with Crippen molar-refractivity contribution in [1.82, 2.24) is 15.0 Å². The van der Waals surface area contributed by atoms with Crippen molar-refractivity contribution in [2.45, 2.75) is 13.5 Å². The van der Waals surface area contributed by atoms with Gasteiger partial charge in [0.25, 0.3) is 0 Å². The zero-order valence-corrected chi connectivity index (χ0v) is 16.0. The van der Waals surface area contributed by atoms with Crippen LogP contribution in [0.15, 0.2) is 60.8 Å². The molecule has 0 aliphatic rings. The van der Waals surface area contributed by atoms with E-state index in [1.165, 1.54) is 12.1 Å². The molecule has 0 bridgehead atoms. The van der Waals surface area contributed by atoms with Gasteiger partial charge >= 0.3 is 6.61 Å². The Morgan fingerprint density at radius 2 is 1.90 bits per heavy atom. The minimum Gasteiger partial charge on any atom is -0.435 e. The third-order valence-electron chi connectivity index (χ3n) is 4.15. The van der Waals surface area contributed by atoms with Crippen molar-refractivity contribution in [2.75, 3.05) is 5.32 Å². The molecule has 0 saturated carbocycles. The van der Waals surface area contributed by atoms with Crippen LogP contribution in [0.1, 0.15) is 5.69 Å². The van der Waals surface area contributed by atoms with Gasteiger partial charge in [-0.25, -0.2) is 9.97 Å². The third kappa shape index (κ3) is 4.41. The maximum Gasteiger partial charge on any atom is 0.387 e. The molecule has 4 aromatic rings. The Morgan fingerprint density at radius 3 is 2.66 bits per heavy atom. The summed E-state index contributed by atoms with van der Waals surface area (Å²) in [5, 5.41) is 4.44. The number of hydrogen-bond acceptors (Lipinski definition) is 5. The van der Waals surface area contributed by atoms with E-state index in [1.54, 1.807) is 36.5 Å².